The summed E-state index contributed by atoms with van der Waals surface area (Å²) in [6, 6.07) is 7.21. The molecule has 3 fully saturated rings. The summed E-state index contributed by atoms with van der Waals surface area (Å²) in [6.07, 6.45) is 2.37. The van der Waals surface area contributed by atoms with Crippen LogP contribution in [0.3, 0.4) is 0 Å². The monoisotopic (exact) mass is 348 g/mol. The quantitative estimate of drug-likeness (QED) is 0.900. The normalized spacial score (nSPS) is 25.5. The fraction of sp³-hybridized carbons (Fsp3) is 0.471. The largest absolute Gasteiger partial charge is 0.468 e. The molecular weight excluding hydrogens is 328 g/mol. The molecule has 6 nitrogen and oxygen atoms in total. The van der Waals surface area contributed by atoms with Crippen molar-refractivity contribution in [2.45, 2.75) is 18.9 Å². The summed E-state index contributed by atoms with van der Waals surface area (Å²) >= 11 is 1.31. The highest BCUT2D eigenvalue weighted by molar-refractivity contribution is 7.15. The number of rotatable bonds is 5. The van der Waals surface area contributed by atoms with Crippen LogP contribution in [-0.2, 0) is 0 Å². The lowest BCUT2D eigenvalue weighted by Crippen LogP contribution is -2.57. The summed E-state index contributed by atoms with van der Waals surface area (Å²) in [5.41, 5.74) is 0. The van der Waals surface area contributed by atoms with Crippen LogP contribution in [0.15, 0.2) is 28.7 Å². The number of methoxy groups -OCH3 is 1. The minimum Gasteiger partial charge on any atom is -0.468 e. The maximum absolute atomic E-state index is 12.5. The van der Waals surface area contributed by atoms with Crippen molar-refractivity contribution < 1.29 is 18.7 Å². The van der Waals surface area contributed by atoms with E-state index in [0.29, 0.717) is 27.8 Å². The average Bonchev–Trinajstić information content (AvgIpc) is 3.26. The maximum atomic E-state index is 12.5. The third-order valence-electron chi connectivity index (χ3n) is 4.74. The predicted octanol–water partition coefficient (Wildman–Crippen LogP) is 2.97. The molecule has 5 rings (SSSR count). The minimum atomic E-state index is -0.0226. The van der Waals surface area contributed by atoms with E-state index in [1.807, 2.05) is 0 Å². The zero-order valence-electron chi connectivity index (χ0n) is 13.5. The Hall–Kier alpha value is -1.99. The highest BCUT2D eigenvalue weighted by Gasteiger charge is 2.35. The molecule has 0 aliphatic carbocycles. The number of carbonyl (C=O) groups excluding carboxylic acids is 1. The lowest BCUT2D eigenvalue weighted by atomic mass is 9.84. The molecule has 1 N–H and O–H groups in total. The summed E-state index contributed by atoms with van der Waals surface area (Å²) in [6.45, 7) is 3.30. The van der Waals surface area contributed by atoms with Gasteiger partial charge in [-0.2, -0.15) is 0 Å². The second kappa shape index (κ2) is 6.49. The van der Waals surface area contributed by atoms with Gasteiger partial charge < -0.3 is 24.1 Å². The molecule has 0 unspecified atom stereocenters. The average molecular weight is 348 g/mol. The van der Waals surface area contributed by atoms with Crippen molar-refractivity contribution >= 4 is 17.2 Å². The van der Waals surface area contributed by atoms with Crippen LogP contribution in [0.5, 0.6) is 17.0 Å². The van der Waals surface area contributed by atoms with E-state index in [0.717, 1.165) is 6.54 Å². The number of nitrogens with zero attached hydrogens (tertiary/aromatic N) is 1. The first kappa shape index (κ1) is 15.5. The van der Waals surface area contributed by atoms with Crippen LogP contribution in [-0.4, -0.2) is 43.6 Å². The molecule has 0 saturated carbocycles. The Labute approximate surface area is 144 Å². The first-order valence-electron chi connectivity index (χ1n) is 8.16. The number of amides is 1. The molecule has 0 aromatic carbocycles. The van der Waals surface area contributed by atoms with E-state index in [4.69, 9.17) is 13.9 Å². The van der Waals surface area contributed by atoms with Crippen LogP contribution in [0.1, 0.15) is 22.5 Å². The summed E-state index contributed by atoms with van der Waals surface area (Å²) in [4.78, 5) is 15.6. The van der Waals surface area contributed by atoms with Gasteiger partial charge in [0.15, 0.2) is 5.06 Å². The molecule has 2 bridgehead atoms. The molecule has 0 radical (unpaired) electrons. The van der Waals surface area contributed by atoms with Crippen molar-refractivity contribution in [3.05, 3.63) is 29.1 Å². The second-order valence-electron chi connectivity index (χ2n) is 6.22. The summed E-state index contributed by atoms with van der Waals surface area (Å²) in [5.74, 6) is 1.33. The molecule has 5 heterocycles. The first-order valence-corrected chi connectivity index (χ1v) is 8.97. The zero-order valence-corrected chi connectivity index (χ0v) is 14.3. The van der Waals surface area contributed by atoms with Gasteiger partial charge in [-0.3, -0.25) is 4.79 Å². The van der Waals surface area contributed by atoms with Crippen molar-refractivity contribution in [2.24, 2.45) is 5.92 Å². The van der Waals surface area contributed by atoms with Gasteiger partial charge in [-0.05, 0) is 44.0 Å². The van der Waals surface area contributed by atoms with Gasteiger partial charge in [-0.15, -0.1) is 0 Å². The molecule has 128 valence electrons. The van der Waals surface area contributed by atoms with E-state index in [-0.39, 0.29) is 11.9 Å². The van der Waals surface area contributed by atoms with Crippen LogP contribution in [0.25, 0.3) is 0 Å². The van der Waals surface area contributed by atoms with Gasteiger partial charge in [0.05, 0.1) is 12.0 Å². The van der Waals surface area contributed by atoms with Gasteiger partial charge in [0.2, 0.25) is 0 Å². The maximum Gasteiger partial charge on any atom is 0.293 e. The van der Waals surface area contributed by atoms with E-state index in [1.165, 1.54) is 44.4 Å². The SMILES string of the molecule is COc1ccc(Oc2ccc(C(=O)N[C@H]3CN4CCC3CC4)s2)o1. The van der Waals surface area contributed by atoms with Crippen molar-refractivity contribution in [3.8, 4) is 17.0 Å². The van der Waals surface area contributed by atoms with E-state index < -0.39 is 0 Å². The molecule has 3 aliphatic heterocycles. The minimum absolute atomic E-state index is 0.0226. The molecule has 24 heavy (non-hydrogen) atoms. The highest BCUT2D eigenvalue weighted by Crippen LogP contribution is 2.33. The topological polar surface area (TPSA) is 63.9 Å². The molecule has 3 saturated heterocycles. The Bertz CT molecular complexity index is 718. The number of ether oxygens (including phenoxy) is 2. The second-order valence-corrected chi connectivity index (χ2v) is 7.26. The fourth-order valence-electron chi connectivity index (χ4n) is 3.43. The van der Waals surface area contributed by atoms with Crippen LogP contribution in [0, 0.1) is 5.92 Å². The molecule has 1 atom stereocenters. The molecule has 7 heteroatoms. The Morgan fingerprint density at radius 2 is 2.04 bits per heavy atom. The molecule has 2 aromatic rings. The van der Waals surface area contributed by atoms with Gasteiger partial charge in [0.1, 0.15) is 0 Å². The van der Waals surface area contributed by atoms with Gasteiger partial charge in [-0.1, -0.05) is 11.3 Å². The van der Waals surface area contributed by atoms with Crippen LogP contribution in [0.2, 0.25) is 0 Å². The van der Waals surface area contributed by atoms with E-state index in [9.17, 15) is 4.79 Å². The lowest BCUT2D eigenvalue weighted by Gasteiger charge is -2.44. The third-order valence-corrected chi connectivity index (χ3v) is 5.70. The number of carbonyl (C=O) groups is 1. The molecule has 3 aliphatic rings. The Morgan fingerprint density at radius 3 is 2.71 bits per heavy atom. The van der Waals surface area contributed by atoms with Crippen LogP contribution < -0.4 is 14.8 Å². The van der Waals surface area contributed by atoms with Crippen molar-refractivity contribution in [1.82, 2.24) is 10.2 Å². The Kier molecular flexibility index (Phi) is 4.20. The molecular formula is C17H20N2O4S. The smallest absolute Gasteiger partial charge is 0.293 e. The predicted molar refractivity (Wildman–Crippen MR) is 90.1 cm³/mol. The van der Waals surface area contributed by atoms with Crippen molar-refractivity contribution in [3.63, 3.8) is 0 Å². The summed E-state index contributed by atoms with van der Waals surface area (Å²) in [5, 5.41) is 3.80. The van der Waals surface area contributed by atoms with Gasteiger partial charge >= 0.3 is 0 Å². The zero-order chi connectivity index (χ0) is 16.5. The fourth-order valence-corrected chi connectivity index (χ4v) is 4.20. The van der Waals surface area contributed by atoms with Gasteiger partial charge in [0.25, 0.3) is 17.8 Å². The lowest BCUT2D eigenvalue weighted by molar-refractivity contribution is 0.0622. The number of hydrogen-bond donors (Lipinski definition) is 1. The van der Waals surface area contributed by atoms with E-state index >= 15 is 0 Å². The van der Waals surface area contributed by atoms with E-state index in [1.54, 1.807) is 24.3 Å². The Balaban J connectivity index is 1.38. The number of furan rings is 1. The summed E-state index contributed by atoms with van der Waals surface area (Å²) in [7, 11) is 1.53. The molecule has 1 amide bonds. The van der Waals surface area contributed by atoms with Gasteiger partial charge in [0, 0.05) is 24.7 Å². The van der Waals surface area contributed by atoms with E-state index in [2.05, 4.69) is 10.2 Å². The standard InChI is InChI=1S/C17H20N2O4S/c1-21-14-3-4-15(22-14)23-16-5-2-13(24-16)17(20)18-12-10-19-8-6-11(12)7-9-19/h2-5,11-12H,6-10H2,1H3,(H,18,20)/t12-/m0/s1. The van der Waals surface area contributed by atoms with Crippen molar-refractivity contribution in [1.29, 1.82) is 0 Å². The number of piperidine rings is 3. The first-order chi connectivity index (χ1) is 11.7. The van der Waals surface area contributed by atoms with Gasteiger partial charge in [-0.25, -0.2) is 0 Å². The summed E-state index contributed by atoms with van der Waals surface area (Å²) < 4.78 is 15.9. The van der Waals surface area contributed by atoms with Crippen LogP contribution >= 0.6 is 11.3 Å². The number of nitrogens with one attached hydrogen (secondary N) is 1. The third kappa shape index (κ3) is 3.14. The number of thiophene rings is 1. The molecule has 0 spiro atoms. The molecule has 2 aromatic heterocycles. The number of hydrogen-bond acceptors (Lipinski definition) is 6. The Morgan fingerprint density at radius 1 is 1.25 bits per heavy atom. The number of fused-ring (bicyclic) bond motifs is 3. The highest BCUT2D eigenvalue weighted by atomic mass is 32.1. The van der Waals surface area contributed by atoms with Crippen LogP contribution in [0.4, 0.5) is 0 Å². The van der Waals surface area contributed by atoms with Crippen molar-refractivity contribution in [2.75, 3.05) is 26.7 Å².